The molecule has 8 nitrogen and oxygen atoms in total. The number of aromatic nitrogens is 3. The van der Waals surface area contributed by atoms with Crippen LogP contribution >= 0.6 is 0 Å². The van der Waals surface area contributed by atoms with Gasteiger partial charge < -0.3 is 10.1 Å². The fraction of sp³-hybridized carbons (Fsp3) is 0.238. The van der Waals surface area contributed by atoms with Crippen molar-refractivity contribution in [2.24, 2.45) is 5.10 Å². The lowest BCUT2D eigenvalue weighted by Gasteiger charge is -2.34. The van der Waals surface area contributed by atoms with Crippen LogP contribution in [0.4, 0.5) is 19.0 Å². The molecule has 0 bridgehead atoms. The molecule has 2 atom stereocenters. The molecule has 1 aliphatic rings. The highest BCUT2D eigenvalue weighted by atomic mass is 19.4. The number of pyridine rings is 1. The number of carbonyl (C=O) groups excluding carboxylic acids is 1. The summed E-state index contributed by atoms with van der Waals surface area (Å²) in [4.78, 5) is 16.5. The molecule has 1 aromatic carbocycles. The summed E-state index contributed by atoms with van der Waals surface area (Å²) in [6, 6.07) is 7.60. The van der Waals surface area contributed by atoms with Crippen LogP contribution in [0.3, 0.4) is 0 Å². The van der Waals surface area contributed by atoms with Crippen LogP contribution < -0.4 is 15.5 Å². The smallest absolute Gasteiger partial charge is 0.410 e. The first-order valence-electron chi connectivity index (χ1n) is 9.65. The molecule has 0 radical (unpaired) electrons. The van der Waals surface area contributed by atoms with E-state index in [1.165, 1.54) is 13.3 Å². The third-order valence-electron chi connectivity index (χ3n) is 5.07. The molecule has 0 fully saturated rings. The number of rotatable bonds is 5. The van der Waals surface area contributed by atoms with Crippen LogP contribution in [0.25, 0.3) is 0 Å². The van der Waals surface area contributed by atoms with Crippen LogP contribution in [-0.2, 0) is 0 Å². The van der Waals surface area contributed by atoms with Crippen molar-refractivity contribution in [3.8, 4) is 5.75 Å². The number of anilines is 1. The van der Waals surface area contributed by atoms with Crippen LogP contribution in [0.2, 0.25) is 0 Å². The van der Waals surface area contributed by atoms with Crippen LogP contribution in [0.15, 0.2) is 60.1 Å². The summed E-state index contributed by atoms with van der Waals surface area (Å²) in [6.07, 6.45) is 0.813. The Morgan fingerprint density at radius 3 is 2.72 bits per heavy atom. The van der Waals surface area contributed by atoms with Crippen LogP contribution in [-0.4, -0.2) is 40.2 Å². The van der Waals surface area contributed by atoms with Gasteiger partial charge in [0.1, 0.15) is 17.1 Å². The van der Waals surface area contributed by atoms with Crippen LogP contribution in [0.1, 0.15) is 40.0 Å². The first-order chi connectivity index (χ1) is 15.4. The Kier molecular flexibility index (Phi) is 5.80. The number of hydrogen-bond acceptors (Lipinski definition) is 6. The molecule has 1 aliphatic heterocycles. The molecule has 2 aromatic heterocycles. The van der Waals surface area contributed by atoms with E-state index >= 15 is 0 Å². The molecule has 2 unspecified atom stereocenters. The summed E-state index contributed by atoms with van der Waals surface area (Å²) < 4.78 is 47.3. The van der Waals surface area contributed by atoms with Gasteiger partial charge in [0.25, 0.3) is 5.91 Å². The van der Waals surface area contributed by atoms with Crippen molar-refractivity contribution in [1.82, 2.24) is 20.2 Å². The molecule has 4 rings (SSSR count). The van der Waals surface area contributed by atoms with Gasteiger partial charge in [0.2, 0.25) is 0 Å². The summed E-state index contributed by atoms with van der Waals surface area (Å²) in [6.45, 7) is 0. The Balaban J connectivity index is 1.60. The molecule has 11 heteroatoms. The number of benzene rings is 1. The molecule has 1 amide bonds. The minimum absolute atomic E-state index is 0.0199. The van der Waals surface area contributed by atoms with E-state index in [1.807, 2.05) is 0 Å². The quantitative estimate of drug-likeness (QED) is 0.462. The number of nitrogens with zero attached hydrogens (tertiary/aromatic N) is 4. The maximum absolute atomic E-state index is 13.8. The van der Waals surface area contributed by atoms with Crippen molar-refractivity contribution >= 4 is 17.9 Å². The fourth-order valence-corrected chi connectivity index (χ4v) is 3.46. The summed E-state index contributed by atoms with van der Waals surface area (Å²) >= 11 is 0. The van der Waals surface area contributed by atoms with Gasteiger partial charge in [-0.05, 0) is 23.8 Å². The van der Waals surface area contributed by atoms with E-state index in [-0.39, 0.29) is 17.8 Å². The zero-order valence-electron chi connectivity index (χ0n) is 16.9. The van der Waals surface area contributed by atoms with E-state index in [4.69, 9.17) is 4.74 Å². The van der Waals surface area contributed by atoms with Gasteiger partial charge in [-0.2, -0.15) is 23.4 Å². The molecule has 0 saturated carbocycles. The lowest BCUT2D eigenvalue weighted by Crippen LogP contribution is -2.36. The highest BCUT2D eigenvalue weighted by molar-refractivity contribution is 5.99. The average Bonchev–Trinajstić information content (AvgIpc) is 3.22. The number of halogens is 3. The van der Waals surface area contributed by atoms with Gasteiger partial charge >= 0.3 is 6.18 Å². The highest BCUT2D eigenvalue weighted by Gasteiger charge is 2.47. The molecule has 3 aromatic rings. The van der Waals surface area contributed by atoms with Gasteiger partial charge in [-0.25, -0.2) is 10.1 Å². The van der Waals surface area contributed by atoms with Gasteiger partial charge in [0, 0.05) is 24.4 Å². The summed E-state index contributed by atoms with van der Waals surface area (Å²) in [5.74, 6) is -0.114. The highest BCUT2D eigenvalue weighted by Crippen LogP contribution is 2.44. The number of carbonyl (C=O) groups is 1. The largest absolute Gasteiger partial charge is 0.497 e. The predicted molar refractivity (Wildman–Crippen MR) is 111 cm³/mol. The standard InChI is InChI=1S/C21H19F3N6O2/c1-32-15-6-4-14(5-7-15)17-9-18(21(22,23)24)30-19(28-17)16(12-27-30)20(31)29-26-11-13-3-2-8-25-10-13/h2-8,10-12,17-18,28H,9H2,1H3,(H,29,31)/b26-11+. The first-order valence-corrected chi connectivity index (χ1v) is 9.65. The topological polar surface area (TPSA) is 93.4 Å². The average molecular weight is 444 g/mol. The Morgan fingerprint density at radius 1 is 1.28 bits per heavy atom. The molecule has 0 spiro atoms. The van der Waals surface area contributed by atoms with Gasteiger partial charge in [0.15, 0.2) is 6.04 Å². The van der Waals surface area contributed by atoms with E-state index in [0.717, 1.165) is 10.9 Å². The molecule has 32 heavy (non-hydrogen) atoms. The van der Waals surface area contributed by atoms with Crippen molar-refractivity contribution in [2.45, 2.75) is 24.7 Å². The van der Waals surface area contributed by atoms with Crippen molar-refractivity contribution in [1.29, 1.82) is 0 Å². The van der Waals surface area contributed by atoms with Crippen molar-refractivity contribution in [2.75, 3.05) is 12.4 Å². The Hall–Kier alpha value is -3.89. The van der Waals surface area contributed by atoms with Crippen LogP contribution in [0, 0.1) is 0 Å². The van der Waals surface area contributed by atoms with E-state index in [9.17, 15) is 18.0 Å². The van der Waals surface area contributed by atoms with Crippen molar-refractivity contribution in [3.05, 3.63) is 71.7 Å². The van der Waals surface area contributed by atoms with Gasteiger partial charge in [-0.1, -0.05) is 18.2 Å². The molecule has 0 saturated heterocycles. The van der Waals surface area contributed by atoms with E-state index < -0.39 is 24.2 Å². The number of ether oxygens (including phenoxy) is 1. The number of hydrazone groups is 1. The lowest BCUT2D eigenvalue weighted by molar-refractivity contribution is -0.173. The lowest BCUT2D eigenvalue weighted by atomic mass is 9.96. The summed E-state index contributed by atoms with van der Waals surface area (Å²) in [7, 11) is 1.51. The maximum Gasteiger partial charge on any atom is 0.410 e. The first kappa shape index (κ1) is 21.3. The minimum atomic E-state index is -4.54. The Labute approximate surface area is 181 Å². The zero-order valence-corrected chi connectivity index (χ0v) is 16.9. The molecule has 166 valence electrons. The van der Waals surface area contributed by atoms with Gasteiger partial charge in [-0.15, -0.1) is 0 Å². The van der Waals surface area contributed by atoms with E-state index in [0.29, 0.717) is 16.9 Å². The second kappa shape index (κ2) is 8.69. The second-order valence-electron chi connectivity index (χ2n) is 7.10. The maximum atomic E-state index is 13.8. The molecule has 3 heterocycles. The molecular formula is C21H19F3N6O2. The van der Waals surface area contributed by atoms with Crippen molar-refractivity contribution < 1.29 is 22.7 Å². The fourth-order valence-electron chi connectivity index (χ4n) is 3.46. The third kappa shape index (κ3) is 4.41. The van der Waals surface area contributed by atoms with Crippen molar-refractivity contribution in [3.63, 3.8) is 0 Å². The van der Waals surface area contributed by atoms with E-state index in [1.54, 1.807) is 48.8 Å². The number of amides is 1. The number of hydrogen-bond donors (Lipinski definition) is 2. The van der Waals surface area contributed by atoms with Gasteiger partial charge in [0.05, 0.1) is 25.6 Å². The normalized spacial score (nSPS) is 18.1. The number of fused-ring (bicyclic) bond motifs is 1. The Bertz CT molecular complexity index is 1110. The number of alkyl halides is 3. The van der Waals surface area contributed by atoms with Gasteiger partial charge in [-0.3, -0.25) is 9.78 Å². The Morgan fingerprint density at radius 2 is 2.06 bits per heavy atom. The second-order valence-corrected chi connectivity index (χ2v) is 7.10. The SMILES string of the molecule is COc1ccc(C2CC(C(F)(F)F)n3ncc(C(=O)N/N=C/c4cccnc4)c3N2)cc1. The third-order valence-corrected chi connectivity index (χ3v) is 5.07. The number of nitrogens with one attached hydrogen (secondary N) is 2. The summed E-state index contributed by atoms with van der Waals surface area (Å²) in [5, 5.41) is 10.7. The zero-order chi connectivity index (χ0) is 22.7. The van der Waals surface area contributed by atoms with Crippen LogP contribution in [0.5, 0.6) is 5.75 Å². The molecule has 2 N–H and O–H groups in total. The number of methoxy groups -OCH3 is 1. The molecular weight excluding hydrogens is 425 g/mol. The molecule has 0 aliphatic carbocycles. The predicted octanol–water partition coefficient (Wildman–Crippen LogP) is 3.71. The minimum Gasteiger partial charge on any atom is -0.497 e. The summed E-state index contributed by atoms with van der Waals surface area (Å²) in [5.41, 5.74) is 3.56. The monoisotopic (exact) mass is 444 g/mol. The van der Waals surface area contributed by atoms with E-state index in [2.05, 4.69) is 25.9 Å².